The molecule has 0 amide bonds. The fourth-order valence-electron chi connectivity index (χ4n) is 1.78. The van der Waals surface area contributed by atoms with Crippen molar-refractivity contribution in [2.45, 2.75) is 13.5 Å². The Kier molecular flexibility index (Phi) is 4.75. The van der Waals surface area contributed by atoms with Crippen LogP contribution in [0.25, 0.3) is 11.0 Å². The topological polar surface area (TPSA) is 29.9 Å². The Labute approximate surface area is 129 Å². The van der Waals surface area contributed by atoms with Crippen LogP contribution in [0.15, 0.2) is 24.3 Å². The molecule has 0 saturated heterocycles. The molecule has 0 aliphatic carbocycles. The highest BCUT2D eigenvalue weighted by Gasteiger charge is 2.08. The van der Waals surface area contributed by atoms with Gasteiger partial charge >= 0.3 is 0 Å². The van der Waals surface area contributed by atoms with E-state index >= 15 is 0 Å². The van der Waals surface area contributed by atoms with Crippen LogP contribution < -0.4 is 0 Å². The van der Waals surface area contributed by atoms with Crippen molar-refractivity contribution in [2.24, 2.45) is 0 Å². The van der Waals surface area contributed by atoms with E-state index in [4.69, 9.17) is 17.0 Å². The van der Waals surface area contributed by atoms with E-state index in [1.807, 2.05) is 34.1 Å². The van der Waals surface area contributed by atoms with Crippen molar-refractivity contribution >= 4 is 45.8 Å². The van der Waals surface area contributed by atoms with Crippen LogP contribution in [0.3, 0.4) is 0 Å². The van der Waals surface area contributed by atoms with Crippen molar-refractivity contribution in [3.8, 4) is 0 Å². The summed E-state index contributed by atoms with van der Waals surface area (Å²) < 4.78 is 22.1. The van der Waals surface area contributed by atoms with E-state index in [9.17, 15) is 4.39 Å². The van der Waals surface area contributed by atoms with Crippen molar-refractivity contribution in [3.05, 3.63) is 38.4 Å². The summed E-state index contributed by atoms with van der Waals surface area (Å²) in [6, 6.07) is 3.26. The van der Waals surface area contributed by atoms with Crippen LogP contribution >= 0.6 is 34.8 Å². The summed E-state index contributed by atoms with van der Waals surface area (Å²) in [6.45, 7) is 7.32. The minimum atomic E-state index is -0.237. The van der Waals surface area contributed by atoms with Gasteiger partial charge < -0.3 is 14.3 Å². The number of halogens is 2. The van der Waals surface area contributed by atoms with E-state index in [2.05, 4.69) is 11.6 Å². The molecule has 0 fully saturated rings. The van der Waals surface area contributed by atoms with Crippen LogP contribution in [-0.4, -0.2) is 22.8 Å². The fraction of sp³-hybridized carbons (Fsp3) is 0.308. The quantitative estimate of drug-likeness (QED) is 0.360. The maximum Gasteiger partial charge on any atom is 0.178 e. The zero-order valence-corrected chi connectivity index (χ0v) is 13.5. The minimum absolute atomic E-state index is 0.237. The van der Waals surface area contributed by atoms with Crippen molar-refractivity contribution < 1.29 is 9.13 Å². The molecule has 2 aromatic rings. The average molecular weight is 392 g/mol. The van der Waals surface area contributed by atoms with Gasteiger partial charge in [0.05, 0.1) is 27.8 Å². The number of rotatable bonds is 5. The molecule has 3 nitrogen and oxygen atoms in total. The van der Waals surface area contributed by atoms with Gasteiger partial charge in [-0.25, -0.2) is 4.39 Å². The number of nitrogens with one attached hydrogen (secondary N) is 1. The lowest BCUT2D eigenvalue weighted by molar-refractivity contribution is 0.148. The Balaban J connectivity index is 2.23. The SMILES string of the molecule is C=C(C)COCCn1c(=S)[nH]c2cc(I)c(F)cc21. The fourth-order valence-corrected chi connectivity index (χ4v) is 2.54. The maximum absolute atomic E-state index is 13.6. The molecule has 0 unspecified atom stereocenters. The van der Waals surface area contributed by atoms with E-state index in [0.717, 1.165) is 16.6 Å². The number of nitrogens with zero attached hydrogens (tertiary/aromatic N) is 1. The predicted molar refractivity (Wildman–Crippen MR) is 85.4 cm³/mol. The molecule has 1 heterocycles. The molecule has 0 radical (unpaired) electrons. The van der Waals surface area contributed by atoms with Crippen LogP contribution in [0, 0.1) is 14.2 Å². The highest BCUT2D eigenvalue weighted by atomic mass is 127. The second-order valence-electron chi connectivity index (χ2n) is 4.37. The molecule has 1 aromatic carbocycles. The lowest BCUT2D eigenvalue weighted by Gasteiger charge is -2.06. The van der Waals surface area contributed by atoms with E-state index in [-0.39, 0.29) is 5.82 Å². The first-order valence-electron chi connectivity index (χ1n) is 5.78. The van der Waals surface area contributed by atoms with Gasteiger partial charge in [0.25, 0.3) is 0 Å². The molecule has 6 heteroatoms. The second kappa shape index (κ2) is 6.15. The number of benzene rings is 1. The van der Waals surface area contributed by atoms with Gasteiger partial charge in [0.2, 0.25) is 0 Å². The molecule has 1 aromatic heterocycles. The molecule has 0 aliphatic heterocycles. The molecule has 1 N–H and O–H groups in total. The Morgan fingerprint density at radius 1 is 1.58 bits per heavy atom. The largest absolute Gasteiger partial charge is 0.375 e. The van der Waals surface area contributed by atoms with Crippen molar-refractivity contribution in [1.29, 1.82) is 0 Å². The van der Waals surface area contributed by atoms with Crippen LogP contribution in [0.4, 0.5) is 4.39 Å². The van der Waals surface area contributed by atoms with E-state index in [1.54, 1.807) is 6.07 Å². The summed E-state index contributed by atoms with van der Waals surface area (Å²) in [7, 11) is 0. The van der Waals surface area contributed by atoms with Crippen LogP contribution in [0.1, 0.15) is 6.92 Å². The third kappa shape index (κ3) is 3.43. The number of fused-ring (bicyclic) bond motifs is 1. The van der Waals surface area contributed by atoms with Gasteiger partial charge in [0.15, 0.2) is 4.77 Å². The Morgan fingerprint density at radius 2 is 2.32 bits per heavy atom. The van der Waals surface area contributed by atoms with Crippen LogP contribution in [0.5, 0.6) is 0 Å². The first kappa shape index (κ1) is 14.7. The Hall–Kier alpha value is -0.730. The predicted octanol–water partition coefficient (Wildman–Crippen LogP) is 4.04. The summed E-state index contributed by atoms with van der Waals surface area (Å²) in [6.07, 6.45) is 0. The third-order valence-corrected chi connectivity index (χ3v) is 3.77. The average Bonchev–Trinajstić information content (AvgIpc) is 2.61. The zero-order valence-electron chi connectivity index (χ0n) is 10.5. The summed E-state index contributed by atoms with van der Waals surface area (Å²) in [4.78, 5) is 3.08. The number of hydrogen-bond acceptors (Lipinski definition) is 2. The molecule has 0 aliphatic rings. The van der Waals surface area contributed by atoms with Crippen molar-refractivity contribution in [2.75, 3.05) is 13.2 Å². The summed E-state index contributed by atoms with van der Waals surface area (Å²) >= 11 is 7.21. The first-order valence-corrected chi connectivity index (χ1v) is 7.27. The van der Waals surface area contributed by atoms with E-state index in [1.165, 1.54) is 6.07 Å². The molecule has 0 spiro atoms. The number of imidazole rings is 1. The van der Waals surface area contributed by atoms with Crippen LogP contribution in [0.2, 0.25) is 0 Å². The number of aromatic amines is 1. The van der Waals surface area contributed by atoms with Gasteiger partial charge in [-0.1, -0.05) is 12.2 Å². The maximum atomic E-state index is 13.6. The lowest BCUT2D eigenvalue weighted by atomic mass is 10.3. The zero-order chi connectivity index (χ0) is 14.0. The Morgan fingerprint density at radius 3 is 3.00 bits per heavy atom. The molecule has 19 heavy (non-hydrogen) atoms. The second-order valence-corrected chi connectivity index (χ2v) is 5.92. The smallest absolute Gasteiger partial charge is 0.178 e. The lowest BCUT2D eigenvalue weighted by Crippen LogP contribution is -2.07. The highest BCUT2D eigenvalue weighted by molar-refractivity contribution is 14.1. The molecule has 102 valence electrons. The normalized spacial score (nSPS) is 11.1. The first-order chi connectivity index (χ1) is 8.99. The summed E-state index contributed by atoms with van der Waals surface area (Å²) in [5.41, 5.74) is 2.58. The van der Waals surface area contributed by atoms with Crippen molar-refractivity contribution in [1.82, 2.24) is 9.55 Å². The van der Waals surface area contributed by atoms with E-state index < -0.39 is 0 Å². The van der Waals surface area contributed by atoms with Gasteiger partial charge in [-0.3, -0.25) is 0 Å². The van der Waals surface area contributed by atoms with Gasteiger partial charge in [0, 0.05) is 12.6 Å². The molecular formula is C13H14FIN2OS. The molecule has 0 saturated carbocycles. The molecular weight excluding hydrogens is 378 g/mol. The monoisotopic (exact) mass is 392 g/mol. The van der Waals surface area contributed by atoms with Gasteiger partial charge in [-0.15, -0.1) is 0 Å². The standard InChI is InChI=1S/C13H14FIN2OS/c1-8(2)7-18-4-3-17-12-5-9(14)10(15)6-11(12)16-13(17)19/h5-6H,1,3-4,7H2,2H3,(H,16,19). The molecule has 0 atom stereocenters. The Bertz CT molecular complexity index is 677. The molecule has 0 bridgehead atoms. The number of H-pyrrole nitrogens is 1. The van der Waals surface area contributed by atoms with Gasteiger partial charge in [0.1, 0.15) is 5.82 Å². The number of ether oxygens (including phenoxy) is 1. The molecule has 2 rings (SSSR count). The van der Waals surface area contributed by atoms with Crippen LogP contribution in [-0.2, 0) is 11.3 Å². The summed E-state index contributed by atoms with van der Waals surface area (Å²) in [5, 5.41) is 0. The highest BCUT2D eigenvalue weighted by Crippen LogP contribution is 2.20. The number of hydrogen-bond donors (Lipinski definition) is 1. The van der Waals surface area contributed by atoms with Gasteiger partial charge in [-0.2, -0.15) is 0 Å². The number of aromatic nitrogens is 2. The summed E-state index contributed by atoms with van der Waals surface area (Å²) in [5.74, 6) is -0.237. The minimum Gasteiger partial charge on any atom is -0.375 e. The third-order valence-electron chi connectivity index (χ3n) is 2.62. The van der Waals surface area contributed by atoms with Gasteiger partial charge in [-0.05, 0) is 47.8 Å². The van der Waals surface area contributed by atoms with Crippen molar-refractivity contribution in [3.63, 3.8) is 0 Å². The van der Waals surface area contributed by atoms with E-state index in [0.29, 0.717) is 28.1 Å².